The van der Waals surface area contributed by atoms with Crippen LogP contribution in [0.15, 0.2) is 22.6 Å². The van der Waals surface area contributed by atoms with Crippen LogP contribution in [0.25, 0.3) is 0 Å². The summed E-state index contributed by atoms with van der Waals surface area (Å²) in [5.41, 5.74) is 0. The molecule has 2 atom stereocenters. The summed E-state index contributed by atoms with van der Waals surface area (Å²) in [4.78, 5) is 0. The molecule has 18 heteroatoms. The molecule has 5 nitrogen and oxygen atoms in total. The number of hydrogen-bond acceptors (Lipinski definition) is 5. The van der Waals surface area contributed by atoms with Gasteiger partial charge in [-0.2, -0.15) is 21.9 Å². The number of hydrogen-bond donors (Lipinski definition) is 0. The number of rotatable bonds is 0. The molecular formula is H2F8N5P5. The molecule has 0 saturated carbocycles. The molecule has 0 aromatic heterocycles. The van der Waals surface area contributed by atoms with E-state index < -0.39 is 39.8 Å². The second-order valence-corrected chi connectivity index (χ2v) is 10.1. The van der Waals surface area contributed by atoms with Crippen LogP contribution in [0, 0.1) is 0 Å². The lowest BCUT2D eigenvalue weighted by Crippen LogP contribution is -1.62. The molecule has 0 aromatic rings. The zero-order valence-corrected chi connectivity index (χ0v) is 12.3. The van der Waals surface area contributed by atoms with Crippen LogP contribution in [0.1, 0.15) is 0 Å². The smallest absolute Gasteiger partial charge is 0.187 e. The highest BCUT2D eigenvalue weighted by molar-refractivity contribution is 7.74. The van der Waals surface area contributed by atoms with Gasteiger partial charge in [0.1, 0.15) is 0 Å². The molecule has 0 fully saturated rings. The Morgan fingerprint density at radius 1 is 0.667 bits per heavy atom. The quantitative estimate of drug-likeness (QED) is 0.302. The van der Waals surface area contributed by atoms with E-state index in [1.54, 1.807) is 0 Å². The molecule has 0 N–H and O–H groups in total. The maximum atomic E-state index is 12.7. The fourth-order valence-electron chi connectivity index (χ4n) is 0.636. The summed E-state index contributed by atoms with van der Waals surface area (Å²) in [6.07, 6.45) is 0. The van der Waals surface area contributed by atoms with E-state index in [-0.39, 0.29) is 0 Å². The molecule has 0 amide bonds. The summed E-state index contributed by atoms with van der Waals surface area (Å²) in [6, 6.07) is 0. The Kier molecular flexibility index (Phi) is 5.11. The molecule has 1 heterocycles. The third-order valence-corrected chi connectivity index (χ3v) is 9.19. The van der Waals surface area contributed by atoms with Crippen LogP contribution >= 0.6 is 39.8 Å². The van der Waals surface area contributed by atoms with Crippen molar-refractivity contribution in [3.8, 4) is 0 Å². The van der Waals surface area contributed by atoms with E-state index in [2.05, 4.69) is 4.52 Å². The van der Waals surface area contributed by atoms with Gasteiger partial charge in [-0.1, -0.05) is 0 Å². The minimum atomic E-state index is -6.43. The van der Waals surface area contributed by atoms with E-state index in [1.807, 2.05) is 9.03 Å². The van der Waals surface area contributed by atoms with Crippen LogP contribution in [0.3, 0.4) is 0 Å². The lowest BCUT2D eigenvalue weighted by Gasteiger charge is -2.05. The van der Waals surface area contributed by atoms with Gasteiger partial charge in [-0.15, -0.1) is 34.2 Å². The van der Waals surface area contributed by atoms with Gasteiger partial charge < -0.3 is 0 Å². The third kappa shape index (κ3) is 5.70. The fourth-order valence-corrected chi connectivity index (χ4v) is 7.57. The van der Waals surface area contributed by atoms with Crippen LogP contribution < -0.4 is 0 Å². The summed E-state index contributed by atoms with van der Waals surface area (Å²) >= 11 is 0. The predicted octanol–water partition coefficient (Wildman–Crippen LogP) is 8.05. The van der Waals surface area contributed by atoms with Gasteiger partial charge in [0.25, 0.3) is 0 Å². The van der Waals surface area contributed by atoms with Crippen molar-refractivity contribution < 1.29 is 33.6 Å². The summed E-state index contributed by atoms with van der Waals surface area (Å²) in [5.74, 6) is 0. The van der Waals surface area contributed by atoms with Gasteiger partial charge in [0.15, 0.2) is 0 Å². The van der Waals surface area contributed by atoms with Gasteiger partial charge in [-0.05, 0) is 0 Å². The van der Waals surface area contributed by atoms with Gasteiger partial charge in [0, 0.05) is 0 Å². The zero-order valence-electron chi connectivity index (χ0n) is 7.60. The molecule has 0 spiro atoms. The van der Waals surface area contributed by atoms with Gasteiger partial charge in [0.2, 0.25) is 16.3 Å². The largest absolute Gasteiger partial charge is 0.425 e. The minimum absolute atomic E-state index is 1.50. The minimum Gasteiger partial charge on any atom is -0.187 e. The van der Waals surface area contributed by atoms with Crippen molar-refractivity contribution in [1.29, 1.82) is 0 Å². The van der Waals surface area contributed by atoms with Crippen LogP contribution in [-0.4, -0.2) is 0 Å². The highest BCUT2D eigenvalue weighted by atomic mass is 31.3. The summed E-state index contributed by atoms with van der Waals surface area (Å²) < 4.78 is 111. The summed E-state index contributed by atoms with van der Waals surface area (Å²) in [5, 5.41) is 0. The van der Waals surface area contributed by atoms with Crippen molar-refractivity contribution in [2.24, 2.45) is 22.6 Å². The number of halogens is 8. The second kappa shape index (κ2) is 5.53. The maximum absolute atomic E-state index is 12.7. The highest BCUT2D eigenvalue weighted by Gasteiger charge is 2.32. The van der Waals surface area contributed by atoms with E-state index >= 15 is 0 Å². The van der Waals surface area contributed by atoms with Crippen LogP contribution in [-0.2, 0) is 0 Å². The Bertz CT molecular complexity index is 562. The average Bonchev–Trinajstić information content (AvgIpc) is 1.90. The van der Waals surface area contributed by atoms with E-state index in [1.165, 1.54) is 9.03 Å². The van der Waals surface area contributed by atoms with E-state index in [0.29, 0.717) is 0 Å². The first-order chi connectivity index (χ1) is 7.91. The molecule has 0 radical (unpaired) electrons. The molecule has 0 aliphatic carbocycles. The van der Waals surface area contributed by atoms with Crippen molar-refractivity contribution >= 4 is 39.8 Å². The fraction of sp³-hybridized carbons (Fsp3) is 0. The first kappa shape index (κ1) is 16.6. The second-order valence-electron chi connectivity index (χ2n) is 2.40. The molecule has 18 heavy (non-hydrogen) atoms. The van der Waals surface area contributed by atoms with E-state index in [0.717, 1.165) is 0 Å². The van der Waals surface area contributed by atoms with Crippen molar-refractivity contribution in [3.05, 3.63) is 0 Å². The Morgan fingerprint density at radius 3 is 1.72 bits per heavy atom. The van der Waals surface area contributed by atoms with Crippen LogP contribution in [0.4, 0.5) is 33.6 Å². The predicted molar refractivity (Wildman–Crippen MR) is 58.4 cm³/mol. The van der Waals surface area contributed by atoms with Crippen LogP contribution in [0.5, 0.6) is 0 Å². The first-order valence-electron chi connectivity index (χ1n) is 3.49. The van der Waals surface area contributed by atoms with Crippen molar-refractivity contribution in [2.45, 2.75) is 0 Å². The highest BCUT2D eigenvalue weighted by Crippen LogP contribution is 2.77. The normalized spacial score (nSPS) is 35.6. The van der Waals surface area contributed by atoms with Gasteiger partial charge >= 0.3 is 23.5 Å². The lowest BCUT2D eigenvalue weighted by molar-refractivity contribution is 0.693. The molecule has 0 bridgehead atoms. The maximum Gasteiger partial charge on any atom is 0.425 e. The van der Waals surface area contributed by atoms with Gasteiger partial charge in [0.05, 0.1) is 0 Å². The van der Waals surface area contributed by atoms with Crippen molar-refractivity contribution in [2.75, 3.05) is 0 Å². The Labute approximate surface area is 96.7 Å². The SMILES string of the molecule is F/[PH]1=N/[PH](F)=N\P(F)(F)=NP(F)(F)=NP(F)(F)=N1. The summed E-state index contributed by atoms with van der Waals surface area (Å²) in [7, 11) is -27.4. The monoisotopic (exact) mass is 379 g/mol. The molecule has 108 valence electrons. The van der Waals surface area contributed by atoms with Crippen LogP contribution in [0.2, 0.25) is 0 Å². The number of nitrogens with zero attached hydrogens (tertiary/aromatic N) is 5. The summed E-state index contributed by atoms with van der Waals surface area (Å²) in [6.45, 7) is 0. The lowest BCUT2D eigenvalue weighted by atomic mass is 13.8. The Balaban J connectivity index is 3.69. The Hall–Kier alpha value is 0.590. The Morgan fingerprint density at radius 2 is 1.17 bits per heavy atom. The molecule has 0 aromatic carbocycles. The molecule has 1 aliphatic rings. The zero-order chi connectivity index (χ0) is 14.2. The standard InChI is InChI=1S/F8H2N5P5/c1-14-9-15(2)11-17(5,6)13-18(7,8)12-16(3,4)10-14/h14-15H. The van der Waals surface area contributed by atoms with Gasteiger partial charge in [-0.25, -0.2) is 0 Å². The van der Waals surface area contributed by atoms with Crippen molar-refractivity contribution in [1.82, 2.24) is 0 Å². The average molecular weight is 379 g/mol. The first-order valence-corrected chi connectivity index (χ1v) is 10.5. The van der Waals surface area contributed by atoms with E-state index in [4.69, 9.17) is 0 Å². The molecule has 1 rings (SSSR count). The topological polar surface area (TPSA) is 61.8 Å². The third-order valence-electron chi connectivity index (χ3n) is 1.02. The molecule has 2 unspecified atom stereocenters. The van der Waals surface area contributed by atoms with E-state index in [9.17, 15) is 33.6 Å². The van der Waals surface area contributed by atoms with Gasteiger partial charge in [-0.3, -0.25) is 0 Å². The molecule has 1 aliphatic heterocycles. The van der Waals surface area contributed by atoms with Crippen molar-refractivity contribution in [3.63, 3.8) is 0 Å². The molecular weight excluding hydrogens is 377 g/mol. The molecule has 0 saturated heterocycles.